The van der Waals surface area contributed by atoms with Crippen LogP contribution in [0.2, 0.25) is 5.02 Å². The van der Waals surface area contributed by atoms with Crippen molar-refractivity contribution in [2.75, 3.05) is 13.2 Å². The Morgan fingerprint density at radius 3 is 1.88 bits per heavy atom. The van der Waals surface area contributed by atoms with E-state index < -0.39 is 35.1 Å². The maximum Gasteiger partial charge on any atom is 0.339 e. The average molecular weight is 386 g/mol. The molecule has 0 aromatic heterocycles. The Morgan fingerprint density at radius 2 is 1.50 bits per heavy atom. The van der Waals surface area contributed by atoms with Crippen molar-refractivity contribution in [1.29, 1.82) is 0 Å². The first-order valence-corrected chi connectivity index (χ1v) is 8.87. The van der Waals surface area contributed by atoms with E-state index in [0.29, 0.717) is 10.6 Å². The van der Waals surface area contributed by atoms with E-state index in [1.54, 1.807) is 38.1 Å². The number of aliphatic hydroxyl groups is 2. The van der Waals surface area contributed by atoms with Crippen LogP contribution < -0.4 is 5.73 Å². The van der Waals surface area contributed by atoms with Gasteiger partial charge in [-0.05, 0) is 50.3 Å². The van der Waals surface area contributed by atoms with Crippen molar-refractivity contribution in [3.05, 3.63) is 34.9 Å². The average Bonchev–Trinajstić information content (AvgIpc) is 2.60. The monoisotopic (exact) mass is 385 g/mol. The van der Waals surface area contributed by atoms with Crippen LogP contribution in [-0.2, 0) is 19.1 Å². The minimum absolute atomic E-state index is 0.0251. The van der Waals surface area contributed by atoms with Gasteiger partial charge in [0, 0.05) is 5.02 Å². The van der Waals surface area contributed by atoms with Crippen LogP contribution in [0.4, 0.5) is 0 Å². The second-order valence-electron chi connectivity index (χ2n) is 6.42. The van der Waals surface area contributed by atoms with Crippen LogP contribution in [0.1, 0.15) is 38.2 Å². The van der Waals surface area contributed by atoms with E-state index in [4.69, 9.17) is 26.8 Å². The summed E-state index contributed by atoms with van der Waals surface area (Å²) in [7, 11) is 0. The molecule has 2 unspecified atom stereocenters. The van der Waals surface area contributed by atoms with Crippen molar-refractivity contribution >= 4 is 23.5 Å². The first-order chi connectivity index (χ1) is 12.2. The van der Waals surface area contributed by atoms with Crippen molar-refractivity contribution in [3.8, 4) is 0 Å². The third-order valence-electron chi connectivity index (χ3n) is 4.74. The molecule has 0 amide bonds. The lowest BCUT2D eigenvalue weighted by Gasteiger charge is -2.47. The standard InChI is InChI=1S/C18H24ClNO6/c1-3-25-15(21)17(23)9-12(11-5-7-13(19)8-6-11)10-18(24,14(17)20)16(22)26-4-2/h5-8,12,14,23-24H,3-4,9-10,20H2,1-2H3/t12?,14?,17-,18+. The van der Waals surface area contributed by atoms with Gasteiger partial charge in [0.2, 0.25) is 0 Å². The van der Waals surface area contributed by atoms with E-state index in [2.05, 4.69) is 0 Å². The van der Waals surface area contributed by atoms with Crippen LogP contribution >= 0.6 is 11.6 Å². The quantitative estimate of drug-likeness (QED) is 0.650. The molecule has 4 N–H and O–H groups in total. The van der Waals surface area contributed by atoms with E-state index in [0.717, 1.165) is 0 Å². The molecule has 4 atom stereocenters. The van der Waals surface area contributed by atoms with Crippen LogP contribution in [0.5, 0.6) is 0 Å². The molecule has 0 bridgehead atoms. The molecule has 7 nitrogen and oxygen atoms in total. The summed E-state index contributed by atoms with van der Waals surface area (Å²) in [6.45, 7) is 3.22. The Balaban J connectivity index is 2.47. The van der Waals surface area contributed by atoms with Gasteiger partial charge in [-0.25, -0.2) is 9.59 Å². The highest BCUT2D eigenvalue weighted by Gasteiger charge is 2.62. The predicted octanol–water partition coefficient (Wildman–Crippen LogP) is 1.13. The molecule has 1 saturated carbocycles. The second-order valence-corrected chi connectivity index (χ2v) is 6.86. The van der Waals surface area contributed by atoms with E-state index in [1.807, 2.05) is 0 Å². The molecule has 1 aliphatic rings. The van der Waals surface area contributed by atoms with Gasteiger partial charge in [-0.15, -0.1) is 0 Å². The van der Waals surface area contributed by atoms with Gasteiger partial charge in [-0.1, -0.05) is 23.7 Å². The molecule has 0 saturated heterocycles. The van der Waals surface area contributed by atoms with E-state index >= 15 is 0 Å². The Bertz CT molecular complexity index is 632. The van der Waals surface area contributed by atoms with Crippen LogP contribution in [0.3, 0.4) is 0 Å². The minimum atomic E-state index is -2.24. The zero-order valence-corrected chi connectivity index (χ0v) is 15.5. The molecule has 1 aromatic carbocycles. The first kappa shape index (κ1) is 20.6. The van der Waals surface area contributed by atoms with E-state index in [1.165, 1.54) is 0 Å². The number of rotatable bonds is 5. The van der Waals surface area contributed by atoms with Gasteiger partial charge in [-0.3, -0.25) is 0 Å². The highest BCUT2D eigenvalue weighted by molar-refractivity contribution is 6.30. The molecule has 1 fully saturated rings. The first-order valence-electron chi connectivity index (χ1n) is 8.49. The largest absolute Gasteiger partial charge is 0.464 e. The lowest BCUT2D eigenvalue weighted by Crippen LogP contribution is -2.71. The van der Waals surface area contributed by atoms with Gasteiger partial charge >= 0.3 is 11.9 Å². The van der Waals surface area contributed by atoms with E-state index in [9.17, 15) is 19.8 Å². The molecule has 0 aliphatic heterocycles. The van der Waals surface area contributed by atoms with Crippen molar-refractivity contribution in [2.45, 2.75) is 49.9 Å². The summed E-state index contributed by atoms with van der Waals surface area (Å²) < 4.78 is 9.88. The molecule has 26 heavy (non-hydrogen) atoms. The zero-order chi connectivity index (χ0) is 19.5. The highest BCUT2D eigenvalue weighted by Crippen LogP contribution is 2.44. The van der Waals surface area contributed by atoms with Gasteiger partial charge in [0.1, 0.15) is 0 Å². The fourth-order valence-corrected chi connectivity index (χ4v) is 3.50. The molecule has 2 rings (SSSR count). The number of benzene rings is 1. The smallest absolute Gasteiger partial charge is 0.339 e. The number of hydrogen-bond acceptors (Lipinski definition) is 7. The lowest BCUT2D eigenvalue weighted by molar-refractivity contribution is -0.198. The van der Waals surface area contributed by atoms with Gasteiger partial charge in [0.25, 0.3) is 0 Å². The lowest BCUT2D eigenvalue weighted by atomic mass is 9.64. The Kier molecular flexibility index (Phi) is 6.29. The summed E-state index contributed by atoms with van der Waals surface area (Å²) in [4.78, 5) is 24.8. The molecule has 1 aromatic rings. The summed E-state index contributed by atoms with van der Waals surface area (Å²) >= 11 is 5.90. The Labute approximate surface area is 157 Å². The highest BCUT2D eigenvalue weighted by atomic mass is 35.5. The fraction of sp³-hybridized carbons (Fsp3) is 0.556. The molecule has 0 radical (unpaired) electrons. The molecule has 0 spiro atoms. The summed E-state index contributed by atoms with van der Waals surface area (Å²) in [5, 5.41) is 22.5. The zero-order valence-electron chi connectivity index (χ0n) is 14.8. The number of ether oxygens (including phenoxy) is 2. The van der Waals surface area contributed by atoms with Gasteiger partial charge in [0.15, 0.2) is 11.2 Å². The van der Waals surface area contributed by atoms with Crippen LogP contribution in [-0.4, -0.2) is 52.6 Å². The molecular weight excluding hydrogens is 362 g/mol. The van der Waals surface area contributed by atoms with Crippen molar-refractivity contribution < 1.29 is 29.3 Å². The number of nitrogens with two attached hydrogens (primary N) is 1. The summed E-state index contributed by atoms with van der Waals surface area (Å²) in [5.74, 6) is -2.49. The molecule has 0 heterocycles. The Hall–Kier alpha value is -1.67. The van der Waals surface area contributed by atoms with Crippen molar-refractivity contribution in [1.82, 2.24) is 0 Å². The number of halogens is 1. The fourth-order valence-electron chi connectivity index (χ4n) is 3.38. The normalized spacial score (nSPS) is 31.3. The summed E-state index contributed by atoms with van der Waals surface area (Å²) in [6, 6.07) is 5.13. The van der Waals surface area contributed by atoms with Crippen LogP contribution in [0.15, 0.2) is 24.3 Å². The third kappa shape index (κ3) is 3.71. The SMILES string of the molecule is CCOC(=O)[C@]1(O)CC(c2ccc(Cl)cc2)C[C@](O)(C(=O)OCC)C1N. The van der Waals surface area contributed by atoms with Gasteiger partial charge in [0.05, 0.1) is 19.3 Å². The topological polar surface area (TPSA) is 119 Å². The number of esters is 2. The van der Waals surface area contributed by atoms with Crippen molar-refractivity contribution in [3.63, 3.8) is 0 Å². The number of carbonyl (C=O) groups is 2. The maximum absolute atomic E-state index is 12.4. The van der Waals surface area contributed by atoms with Crippen LogP contribution in [0, 0.1) is 0 Å². The third-order valence-corrected chi connectivity index (χ3v) is 5.00. The van der Waals surface area contributed by atoms with Gasteiger partial charge in [-0.2, -0.15) is 0 Å². The Morgan fingerprint density at radius 1 is 1.08 bits per heavy atom. The molecule has 144 valence electrons. The summed E-state index contributed by atoms with van der Waals surface area (Å²) in [5.41, 5.74) is 2.22. The maximum atomic E-state index is 12.4. The van der Waals surface area contributed by atoms with Gasteiger partial charge < -0.3 is 25.4 Å². The predicted molar refractivity (Wildman–Crippen MR) is 94.6 cm³/mol. The minimum Gasteiger partial charge on any atom is -0.464 e. The van der Waals surface area contributed by atoms with Crippen molar-refractivity contribution in [2.24, 2.45) is 5.73 Å². The number of carbonyl (C=O) groups excluding carboxylic acids is 2. The van der Waals surface area contributed by atoms with E-state index in [-0.39, 0.29) is 26.1 Å². The second kappa shape index (κ2) is 7.92. The molecule has 8 heteroatoms. The molecular formula is C18H24ClNO6. The van der Waals surface area contributed by atoms with Crippen LogP contribution in [0.25, 0.3) is 0 Å². The molecule has 1 aliphatic carbocycles. The number of hydrogen-bond donors (Lipinski definition) is 3. The summed E-state index contributed by atoms with van der Waals surface area (Å²) in [6.07, 6.45) is -0.202.